The fourth-order valence-corrected chi connectivity index (χ4v) is 3.30. The Morgan fingerprint density at radius 3 is 2.83 bits per heavy atom. The molecule has 1 saturated carbocycles. The number of carbonyl (C=O) groups excluding carboxylic acids is 1. The maximum Gasteiger partial charge on any atom is 0.261 e. The average Bonchev–Trinajstić information content (AvgIpc) is 2.58. The molecule has 0 radical (unpaired) electrons. The summed E-state index contributed by atoms with van der Waals surface area (Å²) in [5.74, 6) is -0.358. The highest BCUT2D eigenvalue weighted by atomic mass is 35.5. The zero-order valence-electron chi connectivity index (χ0n) is 13.1. The topological polar surface area (TPSA) is 87.8 Å². The molecule has 1 heterocycles. The summed E-state index contributed by atoms with van der Waals surface area (Å²) in [5, 5.41) is 13.0. The number of hydrogen-bond donors (Lipinski definition) is 1. The smallest absolute Gasteiger partial charge is 0.261 e. The van der Waals surface area contributed by atoms with Gasteiger partial charge in [-0.05, 0) is 31.0 Å². The summed E-state index contributed by atoms with van der Waals surface area (Å²) in [6, 6.07) is 7.10. The molecule has 24 heavy (non-hydrogen) atoms. The third-order valence-electron chi connectivity index (χ3n) is 4.40. The van der Waals surface area contributed by atoms with Gasteiger partial charge in [0.15, 0.2) is 0 Å². The molecule has 1 aliphatic carbocycles. The van der Waals surface area contributed by atoms with E-state index < -0.39 is 5.54 Å². The van der Waals surface area contributed by atoms with Gasteiger partial charge in [-0.3, -0.25) is 14.2 Å². The highest BCUT2D eigenvalue weighted by Crippen LogP contribution is 2.27. The molecular formula is C17H17ClN4O2. The number of nitrogens with zero attached hydrogens (tertiary/aromatic N) is 3. The molecule has 0 atom stereocenters. The van der Waals surface area contributed by atoms with Gasteiger partial charge in [0.05, 0.1) is 23.3 Å². The molecule has 0 unspecified atom stereocenters. The Hall–Kier alpha value is -2.39. The third-order valence-corrected chi connectivity index (χ3v) is 4.63. The average molecular weight is 345 g/mol. The first kappa shape index (κ1) is 16.5. The van der Waals surface area contributed by atoms with Crippen LogP contribution < -0.4 is 10.9 Å². The molecule has 1 aromatic carbocycles. The minimum Gasteiger partial charge on any atom is -0.336 e. The molecule has 0 bridgehead atoms. The van der Waals surface area contributed by atoms with Crippen molar-refractivity contribution in [2.45, 2.75) is 44.2 Å². The van der Waals surface area contributed by atoms with Gasteiger partial charge in [0.2, 0.25) is 5.91 Å². The quantitative estimate of drug-likeness (QED) is 0.926. The Morgan fingerprint density at radius 2 is 2.12 bits per heavy atom. The number of aromatic nitrogens is 2. The number of rotatable bonds is 3. The minimum absolute atomic E-state index is 0.169. The Kier molecular flexibility index (Phi) is 4.54. The summed E-state index contributed by atoms with van der Waals surface area (Å²) in [6.45, 7) is -0.169. The zero-order chi connectivity index (χ0) is 17.2. The summed E-state index contributed by atoms with van der Waals surface area (Å²) >= 11 is 5.92. The standard InChI is InChI=1S/C17H17ClN4O2/c18-12-4-5-14-13(8-12)16(24)22(11-20-14)9-15(23)21-17(10-19)6-2-1-3-7-17/h4-5,8,11H,1-3,6-7,9H2,(H,21,23). The number of nitrogens with one attached hydrogen (secondary N) is 1. The lowest BCUT2D eigenvalue weighted by Gasteiger charge is -2.31. The molecule has 1 amide bonds. The predicted molar refractivity (Wildman–Crippen MR) is 90.6 cm³/mol. The molecule has 1 N–H and O–H groups in total. The van der Waals surface area contributed by atoms with Crippen molar-refractivity contribution >= 4 is 28.4 Å². The molecule has 7 heteroatoms. The molecule has 124 valence electrons. The predicted octanol–water partition coefficient (Wildman–Crippen LogP) is 2.39. The molecule has 3 rings (SSSR count). The van der Waals surface area contributed by atoms with E-state index in [9.17, 15) is 14.9 Å². The second-order valence-electron chi connectivity index (χ2n) is 6.14. The van der Waals surface area contributed by atoms with Crippen molar-refractivity contribution in [3.63, 3.8) is 0 Å². The second kappa shape index (κ2) is 6.62. The summed E-state index contributed by atoms with van der Waals surface area (Å²) < 4.78 is 1.24. The van der Waals surface area contributed by atoms with Crippen molar-refractivity contribution in [3.8, 4) is 6.07 Å². The Morgan fingerprint density at radius 1 is 1.38 bits per heavy atom. The molecule has 0 aliphatic heterocycles. The van der Waals surface area contributed by atoms with E-state index in [0.29, 0.717) is 28.8 Å². The van der Waals surface area contributed by atoms with E-state index in [-0.39, 0.29) is 18.0 Å². The maximum atomic E-state index is 12.5. The Balaban J connectivity index is 1.82. The largest absolute Gasteiger partial charge is 0.336 e. The maximum absolute atomic E-state index is 12.5. The monoisotopic (exact) mass is 344 g/mol. The van der Waals surface area contributed by atoms with Gasteiger partial charge in [-0.1, -0.05) is 30.9 Å². The molecule has 1 fully saturated rings. The number of nitriles is 1. The van der Waals surface area contributed by atoms with Gasteiger partial charge >= 0.3 is 0 Å². The van der Waals surface area contributed by atoms with E-state index in [2.05, 4.69) is 16.4 Å². The minimum atomic E-state index is -0.813. The van der Waals surface area contributed by atoms with E-state index >= 15 is 0 Å². The van der Waals surface area contributed by atoms with Crippen LogP contribution in [0.25, 0.3) is 10.9 Å². The lowest BCUT2D eigenvalue weighted by molar-refractivity contribution is -0.123. The normalized spacial score (nSPS) is 16.5. The van der Waals surface area contributed by atoms with Gasteiger partial charge < -0.3 is 5.32 Å². The van der Waals surface area contributed by atoms with Gasteiger partial charge in [0.1, 0.15) is 12.1 Å². The van der Waals surface area contributed by atoms with Crippen LogP contribution in [0.2, 0.25) is 5.02 Å². The molecule has 0 saturated heterocycles. The van der Waals surface area contributed by atoms with Gasteiger partial charge in [-0.25, -0.2) is 4.98 Å². The fourth-order valence-electron chi connectivity index (χ4n) is 3.13. The number of fused-ring (bicyclic) bond motifs is 1. The number of halogens is 1. The van der Waals surface area contributed by atoms with Crippen LogP contribution in [-0.2, 0) is 11.3 Å². The highest BCUT2D eigenvalue weighted by molar-refractivity contribution is 6.31. The van der Waals surface area contributed by atoms with Gasteiger partial charge in [-0.15, -0.1) is 0 Å². The SMILES string of the molecule is N#CC1(NC(=O)Cn2cnc3ccc(Cl)cc3c2=O)CCCCC1. The number of hydrogen-bond acceptors (Lipinski definition) is 4. The first-order valence-electron chi connectivity index (χ1n) is 7.90. The number of benzene rings is 1. The summed E-state index contributed by atoms with van der Waals surface area (Å²) in [6.07, 6.45) is 5.56. The van der Waals surface area contributed by atoms with Crippen LogP contribution in [0.4, 0.5) is 0 Å². The summed E-state index contributed by atoms with van der Waals surface area (Å²) in [4.78, 5) is 29.0. The van der Waals surface area contributed by atoms with Crippen molar-refractivity contribution in [2.75, 3.05) is 0 Å². The van der Waals surface area contributed by atoms with Crippen molar-refractivity contribution in [3.05, 3.63) is 39.9 Å². The van der Waals surface area contributed by atoms with E-state index in [0.717, 1.165) is 19.3 Å². The first-order chi connectivity index (χ1) is 11.5. The lowest BCUT2D eigenvalue weighted by Crippen LogP contribution is -2.50. The molecule has 0 spiro atoms. The van der Waals surface area contributed by atoms with Gasteiger partial charge in [-0.2, -0.15) is 5.26 Å². The molecular weight excluding hydrogens is 328 g/mol. The van der Waals surface area contributed by atoms with Crippen molar-refractivity contribution in [1.82, 2.24) is 14.9 Å². The fraction of sp³-hybridized carbons (Fsp3) is 0.412. The number of carbonyl (C=O) groups is 1. The number of amides is 1. The summed E-state index contributed by atoms with van der Waals surface area (Å²) in [7, 11) is 0. The Bertz CT molecular complexity index is 878. The third kappa shape index (κ3) is 3.26. The van der Waals surface area contributed by atoms with E-state index in [1.54, 1.807) is 18.2 Å². The van der Waals surface area contributed by atoms with Crippen LogP contribution in [0, 0.1) is 11.3 Å². The van der Waals surface area contributed by atoms with Gasteiger partial charge in [0.25, 0.3) is 5.56 Å². The van der Waals surface area contributed by atoms with E-state index in [1.165, 1.54) is 10.9 Å². The molecule has 2 aromatic rings. The summed E-state index contributed by atoms with van der Waals surface area (Å²) in [5.41, 5.74) is -0.610. The second-order valence-corrected chi connectivity index (χ2v) is 6.58. The molecule has 6 nitrogen and oxygen atoms in total. The van der Waals surface area contributed by atoms with E-state index in [4.69, 9.17) is 11.6 Å². The lowest BCUT2D eigenvalue weighted by atomic mass is 9.83. The molecule has 1 aliphatic rings. The van der Waals surface area contributed by atoms with Crippen LogP contribution in [0.3, 0.4) is 0 Å². The van der Waals surface area contributed by atoms with Crippen LogP contribution in [0.5, 0.6) is 0 Å². The van der Waals surface area contributed by atoms with E-state index in [1.807, 2.05) is 0 Å². The van der Waals surface area contributed by atoms with Crippen molar-refractivity contribution < 1.29 is 4.79 Å². The van der Waals surface area contributed by atoms with Crippen LogP contribution >= 0.6 is 11.6 Å². The van der Waals surface area contributed by atoms with Crippen molar-refractivity contribution in [1.29, 1.82) is 5.26 Å². The Labute approximate surface area is 144 Å². The molecule has 1 aromatic heterocycles. The van der Waals surface area contributed by atoms with Crippen LogP contribution in [-0.4, -0.2) is 21.0 Å². The first-order valence-corrected chi connectivity index (χ1v) is 8.28. The van der Waals surface area contributed by atoms with Gasteiger partial charge in [0, 0.05) is 5.02 Å². The highest BCUT2D eigenvalue weighted by Gasteiger charge is 2.33. The van der Waals surface area contributed by atoms with Crippen LogP contribution in [0.1, 0.15) is 32.1 Å². The van der Waals surface area contributed by atoms with Crippen LogP contribution in [0.15, 0.2) is 29.3 Å². The zero-order valence-corrected chi connectivity index (χ0v) is 13.8. The van der Waals surface area contributed by atoms with Crippen molar-refractivity contribution in [2.24, 2.45) is 0 Å².